The van der Waals surface area contributed by atoms with E-state index in [2.05, 4.69) is 0 Å². The Morgan fingerprint density at radius 3 is 2.25 bits per heavy atom. The van der Waals surface area contributed by atoms with Crippen LogP contribution in [0.1, 0.15) is 23.7 Å². The van der Waals surface area contributed by atoms with Crippen molar-refractivity contribution in [3.05, 3.63) is 29.8 Å². The van der Waals surface area contributed by atoms with Crippen molar-refractivity contribution in [1.82, 2.24) is 9.80 Å². The summed E-state index contributed by atoms with van der Waals surface area (Å²) in [5, 5.41) is 0. The van der Waals surface area contributed by atoms with Gasteiger partial charge in [0.2, 0.25) is 0 Å². The van der Waals surface area contributed by atoms with Gasteiger partial charge in [-0.15, -0.1) is 0 Å². The lowest BCUT2D eigenvalue weighted by atomic mass is 10.2. The molecule has 9 heteroatoms. The molecule has 1 aliphatic rings. The van der Waals surface area contributed by atoms with Crippen molar-refractivity contribution in [2.75, 3.05) is 32.8 Å². The molecule has 0 spiro atoms. The molecule has 0 aromatic heterocycles. The molecular formula is C15H19ClN2O5S. The first kappa shape index (κ1) is 18.5. The average molecular weight is 375 g/mol. The molecule has 7 nitrogen and oxygen atoms in total. The lowest BCUT2D eigenvalue weighted by Crippen LogP contribution is -2.37. The smallest absolute Gasteiger partial charge is 0.409 e. The maximum atomic E-state index is 12.5. The van der Waals surface area contributed by atoms with Crippen LogP contribution in [0.4, 0.5) is 4.79 Å². The molecule has 2 rings (SSSR count). The van der Waals surface area contributed by atoms with E-state index in [1.165, 1.54) is 24.3 Å². The maximum absolute atomic E-state index is 12.5. The van der Waals surface area contributed by atoms with Crippen LogP contribution in [-0.2, 0) is 13.8 Å². The van der Waals surface area contributed by atoms with Gasteiger partial charge < -0.3 is 14.5 Å². The van der Waals surface area contributed by atoms with E-state index in [1.54, 1.807) is 16.7 Å². The van der Waals surface area contributed by atoms with Gasteiger partial charge in [0, 0.05) is 42.4 Å². The number of rotatable bonds is 3. The van der Waals surface area contributed by atoms with Crippen molar-refractivity contribution in [3.63, 3.8) is 0 Å². The number of hydrogen-bond donors (Lipinski definition) is 0. The number of halogens is 1. The first-order chi connectivity index (χ1) is 11.3. The molecule has 0 radical (unpaired) electrons. The molecule has 1 aliphatic heterocycles. The second-order valence-corrected chi connectivity index (χ2v) is 7.86. The standard InChI is InChI=1S/C15H19ClN2O5S/c1-2-23-15(20)18-9-3-8-17(10-11-18)14(19)12-4-6-13(7-5-12)24(16,21)22/h4-7H,2-3,8-11H2,1H3. The van der Waals surface area contributed by atoms with Crippen molar-refractivity contribution in [2.24, 2.45) is 0 Å². The second-order valence-electron chi connectivity index (χ2n) is 5.29. The number of carbonyl (C=O) groups is 2. The number of carbonyl (C=O) groups excluding carboxylic acids is 2. The fraction of sp³-hybridized carbons (Fsp3) is 0.467. The average Bonchev–Trinajstić information content (AvgIpc) is 2.80. The summed E-state index contributed by atoms with van der Waals surface area (Å²) in [7, 11) is 1.45. The highest BCUT2D eigenvalue weighted by atomic mass is 35.7. The van der Waals surface area contributed by atoms with Gasteiger partial charge in [0.05, 0.1) is 11.5 Å². The number of benzene rings is 1. The van der Waals surface area contributed by atoms with Crippen molar-refractivity contribution in [2.45, 2.75) is 18.2 Å². The van der Waals surface area contributed by atoms with E-state index in [4.69, 9.17) is 15.4 Å². The fourth-order valence-electron chi connectivity index (χ4n) is 2.46. The van der Waals surface area contributed by atoms with Gasteiger partial charge in [0.1, 0.15) is 0 Å². The first-order valence-corrected chi connectivity index (χ1v) is 9.89. The van der Waals surface area contributed by atoms with E-state index >= 15 is 0 Å². The van der Waals surface area contributed by atoms with E-state index in [0.717, 1.165) is 0 Å². The number of nitrogens with zero attached hydrogens (tertiary/aromatic N) is 2. The lowest BCUT2D eigenvalue weighted by molar-refractivity contribution is 0.0753. The van der Waals surface area contributed by atoms with E-state index in [1.807, 2.05) is 0 Å². The molecule has 0 bridgehead atoms. The van der Waals surface area contributed by atoms with Gasteiger partial charge in [0.25, 0.3) is 15.0 Å². The highest BCUT2D eigenvalue weighted by Crippen LogP contribution is 2.17. The van der Waals surface area contributed by atoms with Gasteiger partial charge in [-0.1, -0.05) is 0 Å². The summed E-state index contributed by atoms with van der Waals surface area (Å²) < 4.78 is 27.4. The predicted octanol–water partition coefficient (Wildman–Crippen LogP) is 1.92. The van der Waals surface area contributed by atoms with E-state index in [0.29, 0.717) is 44.8 Å². The molecule has 24 heavy (non-hydrogen) atoms. The zero-order valence-electron chi connectivity index (χ0n) is 13.3. The Morgan fingerprint density at radius 2 is 1.67 bits per heavy atom. The molecule has 1 aromatic rings. The summed E-state index contributed by atoms with van der Waals surface area (Å²) in [6.07, 6.45) is 0.280. The van der Waals surface area contributed by atoms with Gasteiger partial charge in [-0.2, -0.15) is 0 Å². The summed E-state index contributed by atoms with van der Waals surface area (Å²) in [5.74, 6) is -0.209. The van der Waals surface area contributed by atoms with Crippen molar-refractivity contribution >= 4 is 31.7 Å². The topological polar surface area (TPSA) is 84.0 Å². The second kappa shape index (κ2) is 7.85. The van der Waals surface area contributed by atoms with Crippen LogP contribution in [0.25, 0.3) is 0 Å². The quantitative estimate of drug-likeness (QED) is 0.755. The van der Waals surface area contributed by atoms with Crippen molar-refractivity contribution in [3.8, 4) is 0 Å². The van der Waals surface area contributed by atoms with Crippen LogP contribution in [0.2, 0.25) is 0 Å². The summed E-state index contributed by atoms with van der Waals surface area (Å²) in [4.78, 5) is 27.5. The summed E-state index contributed by atoms with van der Waals surface area (Å²) in [5.41, 5.74) is 0.378. The number of ether oxygens (including phenoxy) is 1. The highest BCUT2D eigenvalue weighted by molar-refractivity contribution is 8.13. The Balaban J connectivity index is 2.04. The van der Waals surface area contributed by atoms with Crippen LogP contribution < -0.4 is 0 Å². The zero-order chi connectivity index (χ0) is 17.7. The Morgan fingerprint density at radius 1 is 1.08 bits per heavy atom. The molecule has 0 atom stereocenters. The molecule has 1 aromatic carbocycles. The molecule has 1 heterocycles. The molecule has 1 fully saturated rings. The lowest BCUT2D eigenvalue weighted by Gasteiger charge is -2.21. The summed E-state index contributed by atoms with van der Waals surface area (Å²) in [6, 6.07) is 5.48. The minimum absolute atomic E-state index is 0.0509. The van der Waals surface area contributed by atoms with Gasteiger partial charge in [-0.3, -0.25) is 4.79 Å². The SMILES string of the molecule is CCOC(=O)N1CCCN(C(=O)c2ccc(S(=O)(=O)Cl)cc2)CC1. The van der Waals surface area contributed by atoms with Crippen LogP contribution >= 0.6 is 10.7 Å². The highest BCUT2D eigenvalue weighted by Gasteiger charge is 2.23. The zero-order valence-corrected chi connectivity index (χ0v) is 14.8. The minimum Gasteiger partial charge on any atom is -0.450 e. The van der Waals surface area contributed by atoms with Crippen molar-refractivity contribution < 1.29 is 22.7 Å². The van der Waals surface area contributed by atoms with Gasteiger partial charge >= 0.3 is 6.09 Å². The van der Waals surface area contributed by atoms with Crippen LogP contribution in [0.15, 0.2) is 29.2 Å². The number of hydrogen-bond acceptors (Lipinski definition) is 5. The molecule has 1 saturated heterocycles. The predicted molar refractivity (Wildman–Crippen MR) is 88.6 cm³/mol. The van der Waals surface area contributed by atoms with Crippen LogP contribution in [0.5, 0.6) is 0 Å². The molecule has 132 valence electrons. The van der Waals surface area contributed by atoms with Gasteiger partial charge in [-0.25, -0.2) is 13.2 Å². The Kier molecular flexibility index (Phi) is 6.06. The molecule has 0 aliphatic carbocycles. The molecular weight excluding hydrogens is 356 g/mol. The van der Waals surface area contributed by atoms with Crippen LogP contribution in [-0.4, -0.2) is 63.0 Å². The first-order valence-electron chi connectivity index (χ1n) is 7.58. The van der Waals surface area contributed by atoms with E-state index in [9.17, 15) is 18.0 Å². The van der Waals surface area contributed by atoms with Gasteiger partial charge in [-0.05, 0) is 37.6 Å². The monoisotopic (exact) mass is 374 g/mol. The Bertz CT molecular complexity index is 705. The molecule has 0 unspecified atom stereocenters. The van der Waals surface area contributed by atoms with Crippen molar-refractivity contribution in [1.29, 1.82) is 0 Å². The normalized spacial score (nSPS) is 15.8. The third kappa shape index (κ3) is 4.61. The van der Waals surface area contributed by atoms with E-state index < -0.39 is 9.05 Å². The number of amides is 2. The fourth-order valence-corrected chi connectivity index (χ4v) is 3.23. The largest absolute Gasteiger partial charge is 0.450 e. The maximum Gasteiger partial charge on any atom is 0.409 e. The molecule has 0 N–H and O–H groups in total. The minimum atomic E-state index is -3.81. The van der Waals surface area contributed by atoms with E-state index in [-0.39, 0.29) is 16.9 Å². The van der Waals surface area contributed by atoms with Crippen LogP contribution in [0.3, 0.4) is 0 Å². The molecule has 2 amide bonds. The third-order valence-electron chi connectivity index (χ3n) is 3.69. The van der Waals surface area contributed by atoms with Gasteiger partial charge in [0.15, 0.2) is 0 Å². The summed E-state index contributed by atoms with van der Waals surface area (Å²) in [6.45, 7) is 3.91. The Labute approximate surface area is 145 Å². The third-order valence-corrected chi connectivity index (χ3v) is 5.06. The van der Waals surface area contributed by atoms with Crippen LogP contribution in [0, 0.1) is 0 Å². The molecule has 0 saturated carbocycles. The Hall–Kier alpha value is -1.80. The summed E-state index contributed by atoms with van der Waals surface area (Å²) >= 11 is 0.